The van der Waals surface area contributed by atoms with Gasteiger partial charge in [0, 0.05) is 0 Å². The molecule has 0 aliphatic carbocycles. The Labute approximate surface area is 90.4 Å². The van der Waals surface area contributed by atoms with Crippen LogP contribution in [0, 0.1) is 0 Å². The Hall–Kier alpha value is -2.12. The van der Waals surface area contributed by atoms with Crippen LogP contribution in [0.4, 0.5) is 9.59 Å². The maximum atomic E-state index is 10.8. The van der Waals surface area contributed by atoms with E-state index in [1.54, 1.807) is 0 Å². The third-order valence-electron chi connectivity index (χ3n) is 1.26. The molecule has 0 aromatic rings. The quantitative estimate of drug-likeness (QED) is 0.509. The van der Waals surface area contributed by atoms with Gasteiger partial charge in [-0.05, 0) is 0 Å². The molecule has 0 amide bonds. The number of carbonyl (C=O) groups is 4. The average Bonchev–Trinajstić information content (AvgIpc) is 2.26. The van der Waals surface area contributed by atoms with Gasteiger partial charge in [0.1, 0.15) is 0 Å². The molecule has 90 valence electrons. The Kier molecular flexibility index (Phi) is 6.25. The van der Waals surface area contributed by atoms with Crippen LogP contribution in [-0.2, 0) is 28.5 Å². The van der Waals surface area contributed by atoms with Crippen LogP contribution in [-0.4, -0.2) is 38.5 Å². The van der Waals surface area contributed by atoms with E-state index in [2.05, 4.69) is 18.9 Å². The van der Waals surface area contributed by atoms with Gasteiger partial charge in [-0.25, -0.2) is 9.59 Å². The molecule has 0 aromatic heterocycles. The largest absolute Gasteiger partial charge is 0.515 e. The maximum Gasteiger partial charge on any atom is 0.515 e. The summed E-state index contributed by atoms with van der Waals surface area (Å²) in [5, 5.41) is 0. The minimum atomic E-state index is -1.17. The lowest BCUT2D eigenvalue weighted by atomic mass is 10.3. The highest BCUT2D eigenvalue weighted by Crippen LogP contribution is 1.98. The van der Waals surface area contributed by atoms with Crippen molar-refractivity contribution in [2.24, 2.45) is 0 Å². The van der Waals surface area contributed by atoms with Crippen LogP contribution in [0.2, 0.25) is 0 Å². The second kappa shape index (κ2) is 7.21. The third kappa shape index (κ3) is 6.35. The highest BCUT2D eigenvalue weighted by Gasteiger charge is 2.15. The number of methoxy groups -OCH3 is 2. The lowest BCUT2D eigenvalue weighted by Gasteiger charge is -2.01. The number of hydrogen-bond donors (Lipinski definition) is 0. The number of hydrogen-bond acceptors (Lipinski definition) is 8. The smallest absolute Gasteiger partial charge is 0.437 e. The van der Waals surface area contributed by atoms with E-state index in [1.165, 1.54) is 0 Å². The van der Waals surface area contributed by atoms with Gasteiger partial charge in [-0.15, -0.1) is 0 Å². The Morgan fingerprint density at radius 3 is 1.31 bits per heavy atom. The lowest BCUT2D eigenvalue weighted by Crippen LogP contribution is -2.16. The number of rotatable bonds is 3. The molecule has 0 heterocycles. The normalized spacial score (nSPS) is 8.88. The molecule has 0 fully saturated rings. The molecule has 0 aliphatic rings. The fraction of sp³-hybridized carbons (Fsp3) is 0.500. The van der Waals surface area contributed by atoms with Gasteiger partial charge in [-0.1, -0.05) is 0 Å². The van der Waals surface area contributed by atoms with Crippen molar-refractivity contribution in [3.63, 3.8) is 0 Å². The van der Waals surface area contributed by atoms with Crippen molar-refractivity contribution in [3.05, 3.63) is 0 Å². The number of esters is 2. The summed E-state index contributed by atoms with van der Waals surface area (Å²) >= 11 is 0. The van der Waals surface area contributed by atoms with Crippen LogP contribution >= 0.6 is 0 Å². The highest BCUT2D eigenvalue weighted by atomic mass is 16.7. The summed E-state index contributed by atoms with van der Waals surface area (Å²) in [5.74, 6) is -1.93. The predicted octanol–water partition coefficient (Wildman–Crippen LogP) is 0.386. The van der Waals surface area contributed by atoms with Crippen LogP contribution in [0.15, 0.2) is 0 Å². The second-order valence-corrected chi connectivity index (χ2v) is 2.36. The molecule has 0 spiro atoms. The highest BCUT2D eigenvalue weighted by molar-refractivity contribution is 5.87. The fourth-order valence-electron chi connectivity index (χ4n) is 0.575. The summed E-state index contributed by atoms with van der Waals surface area (Å²) in [4.78, 5) is 42.5. The molecule has 0 radical (unpaired) electrons. The topological polar surface area (TPSA) is 105 Å². The molecule has 0 unspecified atom stereocenters. The van der Waals surface area contributed by atoms with E-state index in [1.807, 2.05) is 0 Å². The van der Waals surface area contributed by atoms with Gasteiger partial charge in [0.25, 0.3) is 0 Å². The maximum absolute atomic E-state index is 10.8. The van der Waals surface area contributed by atoms with E-state index in [-0.39, 0.29) is 0 Å². The molecule has 8 nitrogen and oxygen atoms in total. The van der Waals surface area contributed by atoms with Crippen molar-refractivity contribution in [2.75, 3.05) is 14.2 Å². The predicted molar refractivity (Wildman–Crippen MR) is 46.2 cm³/mol. The molecule has 0 saturated carbocycles. The first-order valence-electron chi connectivity index (χ1n) is 4.06. The van der Waals surface area contributed by atoms with Crippen molar-refractivity contribution in [2.45, 2.75) is 12.8 Å². The molecule has 8 heteroatoms. The van der Waals surface area contributed by atoms with Crippen LogP contribution in [0.1, 0.15) is 12.8 Å². The first-order valence-corrected chi connectivity index (χ1v) is 4.06. The van der Waals surface area contributed by atoms with Gasteiger partial charge < -0.3 is 18.9 Å². The van der Waals surface area contributed by atoms with E-state index < -0.39 is 37.1 Å². The molecule has 0 N–H and O–H groups in total. The molecule has 0 bridgehead atoms. The fourth-order valence-corrected chi connectivity index (χ4v) is 0.575. The van der Waals surface area contributed by atoms with E-state index >= 15 is 0 Å². The van der Waals surface area contributed by atoms with Gasteiger partial charge in [-0.3, -0.25) is 9.59 Å². The Bertz CT molecular complexity index is 264. The zero-order valence-electron chi connectivity index (χ0n) is 8.68. The van der Waals surface area contributed by atoms with Gasteiger partial charge in [-0.2, -0.15) is 0 Å². The monoisotopic (exact) mass is 234 g/mol. The van der Waals surface area contributed by atoms with E-state index in [9.17, 15) is 19.2 Å². The minimum Gasteiger partial charge on any atom is -0.437 e. The zero-order valence-corrected chi connectivity index (χ0v) is 8.68. The average molecular weight is 234 g/mol. The Morgan fingerprint density at radius 2 is 1.06 bits per heavy atom. The van der Waals surface area contributed by atoms with Crippen molar-refractivity contribution in [1.29, 1.82) is 0 Å². The summed E-state index contributed by atoms with van der Waals surface area (Å²) in [6.45, 7) is 0. The first kappa shape index (κ1) is 13.9. The van der Waals surface area contributed by atoms with Crippen LogP contribution in [0.3, 0.4) is 0 Å². The van der Waals surface area contributed by atoms with E-state index in [4.69, 9.17) is 0 Å². The first-order chi connectivity index (χ1) is 7.49. The molecular formula is C8H10O8. The van der Waals surface area contributed by atoms with Gasteiger partial charge >= 0.3 is 24.2 Å². The van der Waals surface area contributed by atoms with Crippen molar-refractivity contribution < 1.29 is 38.1 Å². The van der Waals surface area contributed by atoms with Gasteiger partial charge in [0.15, 0.2) is 0 Å². The van der Waals surface area contributed by atoms with E-state index in [0.29, 0.717) is 0 Å². The summed E-state index contributed by atoms with van der Waals surface area (Å²) in [5.41, 5.74) is 0. The molecule has 0 rings (SSSR count). The van der Waals surface area contributed by atoms with Crippen LogP contribution in [0.5, 0.6) is 0 Å². The lowest BCUT2D eigenvalue weighted by molar-refractivity contribution is -0.146. The van der Waals surface area contributed by atoms with Crippen molar-refractivity contribution in [1.82, 2.24) is 0 Å². The Balaban J connectivity index is 3.79. The number of carbonyl (C=O) groups excluding carboxylic acids is 4. The standard InChI is InChI=1S/C8H10O8/c1-13-7(11)15-5(9)3-4-6(10)16-8(12)14-2/h3-4H2,1-2H3. The Morgan fingerprint density at radius 1 is 0.750 bits per heavy atom. The summed E-state index contributed by atoms with van der Waals surface area (Å²) in [6.07, 6.45) is -3.17. The zero-order chi connectivity index (χ0) is 12.6. The third-order valence-corrected chi connectivity index (χ3v) is 1.26. The van der Waals surface area contributed by atoms with Crippen molar-refractivity contribution in [3.8, 4) is 0 Å². The molecule has 0 aliphatic heterocycles. The van der Waals surface area contributed by atoms with E-state index in [0.717, 1.165) is 14.2 Å². The molecule has 0 aromatic carbocycles. The summed E-state index contributed by atoms with van der Waals surface area (Å²) in [7, 11) is 2.06. The van der Waals surface area contributed by atoms with Gasteiger partial charge in [0.05, 0.1) is 27.1 Å². The van der Waals surface area contributed by atoms with Crippen LogP contribution < -0.4 is 0 Å². The molecule has 0 atom stereocenters. The number of ether oxygens (including phenoxy) is 4. The molecule has 0 saturated heterocycles. The van der Waals surface area contributed by atoms with Crippen molar-refractivity contribution >= 4 is 24.2 Å². The SMILES string of the molecule is COC(=O)OC(=O)CCC(=O)OC(=O)OC. The summed E-state index contributed by atoms with van der Waals surface area (Å²) in [6, 6.07) is 0. The van der Waals surface area contributed by atoms with Crippen LogP contribution in [0.25, 0.3) is 0 Å². The summed E-state index contributed by atoms with van der Waals surface area (Å²) < 4.78 is 16.2. The van der Waals surface area contributed by atoms with Gasteiger partial charge in [0.2, 0.25) is 0 Å². The second-order valence-electron chi connectivity index (χ2n) is 2.36. The molecular weight excluding hydrogens is 224 g/mol. The molecule has 16 heavy (non-hydrogen) atoms. The minimum absolute atomic E-state index is 0.412.